The molecule has 114 valence electrons. The first-order valence-electron chi connectivity index (χ1n) is 8.09. The van der Waals surface area contributed by atoms with Crippen LogP contribution in [0.15, 0.2) is 10.5 Å². The zero-order valence-corrected chi connectivity index (χ0v) is 13.5. The van der Waals surface area contributed by atoms with Gasteiger partial charge in [-0.1, -0.05) is 20.3 Å². The quantitative estimate of drug-likeness (QED) is 0.860. The highest BCUT2D eigenvalue weighted by molar-refractivity contribution is 5.21. The predicted molar refractivity (Wildman–Crippen MR) is 83.7 cm³/mol. The maximum atomic E-state index is 5.88. The lowest BCUT2D eigenvalue weighted by molar-refractivity contribution is 0.152. The largest absolute Gasteiger partial charge is 0.465 e. The van der Waals surface area contributed by atoms with E-state index in [1.54, 1.807) is 0 Å². The SMILES string of the molecule is Cc1oc(CNCC(C)C)cc1CN1CCCCC1C. The lowest BCUT2D eigenvalue weighted by Gasteiger charge is -2.33. The maximum absolute atomic E-state index is 5.88. The molecule has 3 heteroatoms. The van der Waals surface area contributed by atoms with Crippen molar-refractivity contribution in [3.8, 4) is 0 Å². The Balaban J connectivity index is 1.89. The molecular formula is C17H30N2O. The zero-order chi connectivity index (χ0) is 14.5. The predicted octanol–water partition coefficient (Wildman–Crippen LogP) is 3.71. The summed E-state index contributed by atoms with van der Waals surface area (Å²) >= 11 is 0. The first kappa shape index (κ1) is 15.6. The van der Waals surface area contributed by atoms with E-state index in [0.717, 1.165) is 31.2 Å². The number of furan rings is 1. The van der Waals surface area contributed by atoms with E-state index in [4.69, 9.17) is 4.42 Å². The van der Waals surface area contributed by atoms with Gasteiger partial charge >= 0.3 is 0 Å². The van der Waals surface area contributed by atoms with Crippen molar-refractivity contribution in [1.29, 1.82) is 0 Å². The van der Waals surface area contributed by atoms with E-state index in [0.29, 0.717) is 12.0 Å². The van der Waals surface area contributed by atoms with Gasteiger partial charge in [-0.2, -0.15) is 0 Å². The minimum absolute atomic E-state index is 0.680. The molecule has 0 radical (unpaired) electrons. The third kappa shape index (κ3) is 4.35. The summed E-state index contributed by atoms with van der Waals surface area (Å²) in [6.45, 7) is 13.0. The minimum Gasteiger partial charge on any atom is -0.465 e. The molecule has 1 atom stereocenters. The highest BCUT2D eigenvalue weighted by atomic mass is 16.3. The second kappa shape index (κ2) is 7.28. The fourth-order valence-electron chi connectivity index (χ4n) is 2.93. The lowest BCUT2D eigenvalue weighted by Crippen LogP contribution is -2.36. The molecule has 2 rings (SSSR count). The summed E-state index contributed by atoms with van der Waals surface area (Å²) in [5.41, 5.74) is 1.36. The summed E-state index contributed by atoms with van der Waals surface area (Å²) in [6.07, 6.45) is 4.05. The van der Waals surface area contributed by atoms with E-state index in [1.807, 2.05) is 0 Å². The van der Waals surface area contributed by atoms with Gasteiger partial charge in [0, 0.05) is 18.2 Å². The van der Waals surface area contributed by atoms with Crippen molar-refractivity contribution in [2.24, 2.45) is 5.92 Å². The fourth-order valence-corrected chi connectivity index (χ4v) is 2.93. The summed E-state index contributed by atoms with van der Waals surface area (Å²) < 4.78 is 5.88. The van der Waals surface area contributed by atoms with Gasteiger partial charge in [0.2, 0.25) is 0 Å². The van der Waals surface area contributed by atoms with Crippen molar-refractivity contribution in [1.82, 2.24) is 10.2 Å². The smallest absolute Gasteiger partial charge is 0.118 e. The van der Waals surface area contributed by atoms with Crippen LogP contribution in [0, 0.1) is 12.8 Å². The molecule has 1 N–H and O–H groups in total. The topological polar surface area (TPSA) is 28.4 Å². The van der Waals surface area contributed by atoms with Crippen LogP contribution in [0.5, 0.6) is 0 Å². The highest BCUT2D eigenvalue weighted by Crippen LogP contribution is 2.22. The van der Waals surface area contributed by atoms with E-state index in [2.05, 4.69) is 44.0 Å². The van der Waals surface area contributed by atoms with Gasteiger partial charge in [-0.05, 0) is 51.8 Å². The van der Waals surface area contributed by atoms with Crippen LogP contribution in [-0.4, -0.2) is 24.0 Å². The molecule has 1 aliphatic heterocycles. The van der Waals surface area contributed by atoms with Crippen LogP contribution in [0.3, 0.4) is 0 Å². The molecule has 0 saturated carbocycles. The van der Waals surface area contributed by atoms with Crippen LogP contribution < -0.4 is 5.32 Å². The molecule has 0 amide bonds. The van der Waals surface area contributed by atoms with Gasteiger partial charge in [0.15, 0.2) is 0 Å². The Hall–Kier alpha value is -0.800. The molecule has 1 aliphatic rings. The second-order valence-electron chi connectivity index (χ2n) is 6.63. The summed E-state index contributed by atoms with van der Waals surface area (Å²) in [4.78, 5) is 2.59. The number of rotatable bonds is 6. The first-order chi connectivity index (χ1) is 9.56. The Labute approximate surface area is 123 Å². The zero-order valence-electron chi connectivity index (χ0n) is 13.5. The number of nitrogens with one attached hydrogen (secondary N) is 1. The molecule has 0 spiro atoms. The van der Waals surface area contributed by atoms with E-state index < -0.39 is 0 Å². The number of likely N-dealkylation sites (tertiary alicyclic amines) is 1. The number of aryl methyl sites for hydroxylation is 1. The van der Waals surface area contributed by atoms with Crippen LogP contribution in [0.4, 0.5) is 0 Å². The molecule has 1 aromatic heterocycles. The van der Waals surface area contributed by atoms with Crippen LogP contribution in [0.1, 0.15) is 57.1 Å². The van der Waals surface area contributed by atoms with Crippen LogP contribution in [-0.2, 0) is 13.1 Å². The highest BCUT2D eigenvalue weighted by Gasteiger charge is 2.20. The molecule has 1 fully saturated rings. The Kier molecular flexibility index (Phi) is 5.67. The van der Waals surface area contributed by atoms with Crippen LogP contribution in [0.25, 0.3) is 0 Å². The summed E-state index contributed by atoms with van der Waals surface area (Å²) in [6, 6.07) is 2.95. The molecule has 20 heavy (non-hydrogen) atoms. The van der Waals surface area contributed by atoms with E-state index >= 15 is 0 Å². The molecule has 2 heterocycles. The molecule has 0 aromatic carbocycles. The van der Waals surface area contributed by atoms with Crippen LogP contribution >= 0.6 is 0 Å². The monoisotopic (exact) mass is 278 g/mol. The van der Waals surface area contributed by atoms with E-state index in [-0.39, 0.29) is 0 Å². The van der Waals surface area contributed by atoms with Crippen LogP contribution in [0.2, 0.25) is 0 Å². The Bertz CT molecular complexity index is 411. The van der Waals surface area contributed by atoms with Gasteiger partial charge in [-0.25, -0.2) is 0 Å². The van der Waals surface area contributed by atoms with Crippen molar-refractivity contribution in [3.63, 3.8) is 0 Å². The lowest BCUT2D eigenvalue weighted by atomic mass is 10.0. The molecule has 1 unspecified atom stereocenters. The number of nitrogens with zero attached hydrogens (tertiary/aromatic N) is 1. The number of hydrogen-bond acceptors (Lipinski definition) is 3. The van der Waals surface area contributed by atoms with Gasteiger partial charge in [0.05, 0.1) is 6.54 Å². The molecule has 0 bridgehead atoms. The first-order valence-corrected chi connectivity index (χ1v) is 8.09. The standard InChI is InChI=1S/C17H30N2O/c1-13(2)10-18-11-17-9-16(15(4)20-17)12-19-8-6-5-7-14(19)3/h9,13-14,18H,5-8,10-12H2,1-4H3. The van der Waals surface area contributed by atoms with Gasteiger partial charge in [-0.15, -0.1) is 0 Å². The van der Waals surface area contributed by atoms with Crippen molar-refractivity contribution in [3.05, 3.63) is 23.2 Å². The van der Waals surface area contributed by atoms with Gasteiger partial charge in [-0.3, -0.25) is 4.90 Å². The third-order valence-electron chi connectivity index (χ3n) is 4.24. The van der Waals surface area contributed by atoms with Crippen molar-refractivity contribution in [2.75, 3.05) is 13.1 Å². The minimum atomic E-state index is 0.680. The van der Waals surface area contributed by atoms with E-state index in [1.165, 1.54) is 31.4 Å². The average molecular weight is 278 g/mol. The van der Waals surface area contributed by atoms with Gasteiger partial charge in [0.1, 0.15) is 11.5 Å². The average Bonchev–Trinajstić information content (AvgIpc) is 2.72. The second-order valence-corrected chi connectivity index (χ2v) is 6.63. The Morgan fingerprint density at radius 2 is 2.20 bits per heavy atom. The normalized spacial score (nSPS) is 20.8. The third-order valence-corrected chi connectivity index (χ3v) is 4.24. The molecule has 1 saturated heterocycles. The van der Waals surface area contributed by atoms with Crippen molar-refractivity contribution in [2.45, 2.75) is 66.1 Å². The summed E-state index contributed by atoms with van der Waals surface area (Å²) in [5.74, 6) is 2.84. The molecule has 3 nitrogen and oxygen atoms in total. The van der Waals surface area contributed by atoms with E-state index in [9.17, 15) is 0 Å². The fraction of sp³-hybridized carbons (Fsp3) is 0.765. The van der Waals surface area contributed by atoms with Crippen molar-refractivity contribution >= 4 is 0 Å². The number of piperidine rings is 1. The van der Waals surface area contributed by atoms with Crippen molar-refractivity contribution < 1.29 is 4.42 Å². The summed E-state index contributed by atoms with van der Waals surface area (Å²) in [5, 5.41) is 3.45. The van der Waals surface area contributed by atoms with Gasteiger partial charge in [0.25, 0.3) is 0 Å². The Morgan fingerprint density at radius 1 is 1.40 bits per heavy atom. The number of hydrogen-bond donors (Lipinski definition) is 1. The van der Waals surface area contributed by atoms with Gasteiger partial charge < -0.3 is 9.73 Å². The summed E-state index contributed by atoms with van der Waals surface area (Å²) in [7, 11) is 0. The molecular weight excluding hydrogens is 248 g/mol. The molecule has 0 aliphatic carbocycles. The Morgan fingerprint density at radius 3 is 2.90 bits per heavy atom. The molecule has 1 aromatic rings. The maximum Gasteiger partial charge on any atom is 0.118 e.